The van der Waals surface area contributed by atoms with Crippen molar-refractivity contribution in [3.63, 3.8) is 0 Å². The molecule has 0 saturated heterocycles. The molecule has 1 heterocycles. The number of hydrogen-bond donors (Lipinski definition) is 1. The maximum absolute atomic E-state index is 12.4. The van der Waals surface area contributed by atoms with Gasteiger partial charge in [-0.05, 0) is 33.6 Å². The molecule has 1 atom stereocenters. The number of nitrogens with zero attached hydrogens (tertiary/aromatic N) is 2. The second-order valence-electron chi connectivity index (χ2n) is 4.02. The monoisotopic (exact) mass is 334 g/mol. The summed E-state index contributed by atoms with van der Waals surface area (Å²) < 4.78 is 39.4. The Morgan fingerprint density at radius 3 is 2.26 bits per heavy atom. The van der Waals surface area contributed by atoms with Crippen LogP contribution in [0.5, 0.6) is 0 Å². The van der Waals surface area contributed by atoms with E-state index in [1.54, 1.807) is 7.05 Å². The first-order chi connectivity index (χ1) is 8.80. The molecule has 0 bridgehead atoms. The smallest absolute Gasteiger partial charge is 0.382 e. The van der Waals surface area contributed by atoms with E-state index in [1.807, 2.05) is 0 Å². The number of aliphatic hydroxyl groups is 1. The van der Waals surface area contributed by atoms with Crippen molar-refractivity contribution < 1.29 is 18.3 Å². The van der Waals surface area contributed by atoms with Crippen molar-refractivity contribution in [1.82, 2.24) is 9.78 Å². The van der Waals surface area contributed by atoms with E-state index < -0.39 is 17.8 Å². The highest BCUT2D eigenvalue weighted by Gasteiger charge is 2.30. The molecule has 1 N–H and O–H groups in total. The summed E-state index contributed by atoms with van der Waals surface area (Å²) in [6.07, 6.45) is -3.90. The highest BCUT2D eigenvalue weighted by atomic mass is 79.9. The molecule has 0 spiro atoms. The zero-order chi connectivity index (χ0) is 14.2. The molecule has 7 heteroatoms. The fourth-order valence-corrected chi connectivity index (χ4v) is 2.31. The summed E-state index contributed by atoms with van der Waals surface area (Å²) in [6.45, 7) is 0. The Balaban J connectivity index is 2.33. The third-order valence-corrected chi connectivity index (χ3v) is 3.36. The summed E-state index contributed by atoms with van der Waals surface area (Å²) in [7, 11) is 1.65. The lowest BCUT2D eigenvalue weighted by Gasteiger charge is -2.13. The first-order valence-corrected chi connectivity index (χ1v) is 6.12. The van der Waals surface area contributed by atoms with Crippen LogP contribution in [0, 0.1) is 0 Å². The summed E-state index contributed by atoms with van der Waals surface area (Å²) >= 11 is 3.24. The number of aryl methyl sites for hydroxylation is 1. The quantitative estimate of drug-likeness (QED) is 0.915. The van der Waals surface area contributed by atoms with E-state index in [2.05, 4.69) is 21.0 Å². The van der Waals surface area contributed by atoms with Crippen molar-refractivity contribution in [2.24, 2.45) is 7.05 Å². The van der Waals surface area contributed by atoms with Crippen molar-refractivity contribution in [3.05, 3.63) is 51.8 Å². The van der Waals surface area contributed by atoms with Gasteiger partial charge in [0, 0.05) is 7.05 Å². The molecule has 2 aromatic rings. The number of rotatable bonds is 2. The minimum atomic E-state index is -4.38. The number of halogens is 4. The largest absolute Gasteiger partial charge is 0.416 e. The fraction of sp³-hybridized carbons (Fsp3) is 0.250. The molecular weight excluding hydrogens is 325 g/mol. The van der Waals surface area contributed by atoms with Gasteiger partial charge in [-0.1, -0.05) is 12.1 Å². The Morgan fingerprint density at radius 1 is 1.26 bits per heavy atom. The summed E-state index contributed by atoms with van der Waals surface area (Å²) in [6, 6.07) is 4.41. The predicted octanol–water partition coefficient (Wildman–Crippen LogP) is 3.28. The molecule has 3 nitrogen and oxygen atoms in total. The standard InChI is InChI=1S/C12H10BrF3N2O/c1-18-10(9(13)6-17-18)11(19)7-2-4-8(5-3-7)12(14,15)16/h2-6,11,19H,1H3. The third-order valence-electron chi connectivity index (χ3n) is 2.75. The first-order valence-electron chi connectivity index (χ1n) is 5.33. The minimum Gasteiger partial charge on any atom is -0.382 e. The van der Waals surface area contributed by atoms with Crippen LogP contribution in [0.25, 0.3) is 0 Å². The SMILES string of the molecule is Cn1ncc(Br)c1C(O)c1ccc(C(F)(F)F)cc1. The van der Waals surface area contributed by atoms with Crippen LogP contribution in [0.2, 0.25) is 0 Å². The maximum atomic E-state index is 12.4. The lowest BCUT2D eigenvalue weighted by molar-refractivity contribution is -0.137. The van der Waals surface area contributed by atoms with Crippen molar-refractivity contribution >= 4 is 15.9 Å². The lowest BCUT2D eigenvalue weighted by Crippen LogP contribution is -2.09. The summed E-state index contributed by atoms with van der Waals surface area (Å²) in [5.41, 5.74) is 0.115. The van der Waals surface area contributed by atoms with Gasteiger partial charge in [0.1, 0.15) is 6.10 Å². The molecule has 0 radical (unpaired) electrons. The highest BCUT2D eigenvalue weighted by molar-refractivity contribution is 9.10. The molecule has 19 heavy (non-hydrogen) atoms. The second-order valence-corrected chi connectivity index (χ2v) is 4.88. The summed E-state index contributed by atoms with van der Waals surface area (Å²) in [5, 5.41) is 14.1. The highest BCUT2D eigenvalue weighted by Crippen LogP contribution is 2.32. The normalized spacial score (nSPS) is 13.6. The van der Waals surface area contributed by atoms with Crippen LogP contribution in [0.15, 0.2) is 34.9 Å². The predicted molar refractivity (Wildman–Crippen MR) is 66.4 cm³/mol. The van der Waals surface area contributed by atoms with Gasteiger partial charge < -0.3 is 5.11 Å². The number of hydrogen-bond acceptors (Lipinski definition) is 2. The van der Waals surface area contributed by atoms with Gasteiger partial charge in [0.25, 0.3) is 0 Å². The molecule has 0 saturated carbocycles. The molecule has 0 amide bonds. The van der Waals surface area contributed by atoms with Crippen LogP contribution in [-0.2, 0) is 13.2 Å². The summed E-state index contributed by atoms with van der Waals surface area (Å²) in [5.74, 6) is 0. The van der Waals surface area contributed by atoms with E-state index in [-0.39, 0.29) is 0 Å². The van der Waals surface area contributed by atoms with Gasteiger partial charge in [-0.15, -0.1) is 0 Å². The Morgan fingerprint density at radius 2 is 1.84 bits per heavy atom. The summed E-state index contributed by atoms with van der Waals surface area (Å²) in [4.78, 5) is 0. The lowest BCUT2D eigenvalue weighted by atomic mass is 10.0. The molecule has 2 rings (SSSR count). The molecule has 1 aromatic heterocycles. The van der Waals surface area contributed by atoms with E-state index in [0.29, 0.717) is 15.7 Å². The Kier molecular flexibility index (Phi) is 3.69. The molecular formula is C12H10BrF3N2O. The average Bonchev–Trinajstić information content (AvgIpc) is 2.67. The number of aromatic nitrogens is 2. The van der Waals surface area contributed by atoms with E-state index >= 15 is 0 Å². The minimum absolute atomic E-state index is 0.373. The van der Waals surface area contributed by atoms with Crippen LogP contribution >= 0.6 is 15.9 Å². The van der Waals surface area contributed by atoms with Crippen LogP contribution in [0.4, 0.5) is 13.2 Å². The van der Waals surface area contributed by atoms with Crippen molar-refractivity contribution in [2.75, 3.05) is 0 Å². The maximum Gasteiger partial charge on any atom is 0.416 e. The average molecular weight is 335 g/mol. The van der Waals surface area contributed by atoms with Gasteiger partial charge in [0.2, 0.25) is 0 Å². The van der Waals surface area contributed by atoms with Gasteiger partial charge in [-0.25, -0.2) is 0 Å². The molecule has 0 fully saturated rings. The number of alkyl halides is 3. The number of aliphatic hydroxyl groups excluding tert-OH is 1. The third kappa shape index (κ3) is 2.82. The van der Waals surface area contributed by atoms with Gasteiger partial charge in [0.05, 0.1) is 21.9 Å². The zero-order valence-corrected chi connectivity index (χ0v) is 11.4. The Labute approximate surface area is 115 Å². The molecule has 102 valence electrons. The molecule has 0 aliphatic rings. The second kappa shape index (κ2) is 4.97. The van der Waals surface area contributed by atoms with Gasteiger partial charge in [-0.2, -0.15) is 18.3 Å². The molecule has 0 aliphatic carbocycles. The molecule has 0 aliphatic heterocycles. The van der Waals surface area contributed by atoms with Crippen molar-refractivity contribution in [3.8, 4) is 0 Å². The molecule has 1 unspecified atom stereocenters. The van der Waals surface area contributed by atoms with Crippen molar-refractivity contribution in [2.45, 2.75) is 12.3 Å². The van der Waals surface area contributed by atoms with Gasteiger partial charge >= 0.3 is 6.18 Å². The topological polar surface area (TPSA) is 38.0 Å². The van der Waals surface area contributed by atoms with Crippen LogP contribution < -0.4 is 0 Å². The fourth-order valence-electron chi connectivity index (χ4n) is 1.74. The van der Waals surface area contributed by atoms with Gasteiger partial charge in [-0.3, -0.25) is 4.68 Å². The van der Waals surface area contributed by atoms with Crippen LogP contribution in [0.3, 0.4) is 0 Å². The van der Waals surface area contributed by atoms with Gasteiger partial charge in [0.15, 0.2) is 0 Å². The number of benzene rings is 1. The Bertz CT molecular complexity index is 558. The molecule has 1 aromatic carbocycles. The van der Waals surface area contributed by atoms with Crippen LogP contribution in [0.1, 0.15) is 22.9 Å². The van der Waals surface area contributed by atoms with Crippen LogP contribution in [-0.4, -0.2) is 14.9 Å². The van der Waals surface area contributed by atoms with E-state index in [4.69, 9.17) is 0 Å². The zero-order valence-electron chi connectivity index (χ0n) is 9.82. The Hall–Kier alpha value is -1.34. The first kappa shape index (κ1) is 14.1. The van der Waals surface area contributed by atoms with E-state index in [1.165, 1.54) is 23.0 Å². The van der Waals surface area contributed by atoms with Crippen molar-refractivity contribution in [1.29, 1.82) is 0 Å². The van der Waals surface area contributed by atoms with E-state index in [0.717, 1.165) is 12.1 Å². The van der Waals surface area contributed by atoms with E-state index in [9.17, 15) is 18.3 Å².